The van der Waals surface area contributed by atoms with Crippen molar-refractivity contribution >= 4 is 32.4 Å². The van der Waals surface area contributed by atoms with E-state index in [-0.39, 0.29) is 0 Å². The van der Waals surface area contributed by atoms with Gasteiger partial charge in [0, 0.05) is 23.3 Å². The monoisotopic (exact) mass is 288 g/mol. The van der Waals surface area contributed by atoms with Crippen molar-refractivity contribution in [3.8, 4) is 0 Å². The fraction of sp³-hybridized carbons (Fsp3) is 0.727. The lowest BCUT2D eigenvalue weighted by Crippen LogP contribution is -2.23. The third kappa shape index (κ3) is 2.72. The molecule has 0 aromatic carbocycles. The zero-order chi connectivity index (χ0) is 10.7. The van der Waals surface area contributed by atoms with Gasteiger partial charge in [0.15, 0.2) is 5.13 Å². The molecule has 0 spiro atoms. The molecule has 1 aromatic heterocycles. The number of aryl methyl sites for hydroxylation is 1. The Kier molecular flexibility index (Phi) is 4.03. The molecule has 0 unspecified atom stereocenters. The van der Waals surface area contributed by atoms with Gasteiger partial charge in [-0.15, -0.1) is 11.3 Å². The summed E-state index contributed by atoms with van der Waals surface area (Å²) in [6.07, 6.45) is 5.41. The molecule has 4 heteroatoms. The molecule has 1 aromatic rings. The van der Waals surface area contributed by atoms with Gasteiger partial charge in [-0.2, -0.15) is 0 Å². The highest BCUT2D eigenvalue weighted by atomic mass is 79.9. The smallest absolute Gasteiger partial charge is 0.185 e. The van der Waals surface area contributed by atoms with Gasteiger partial charge in [-0.25, -0.2) is 4.98 Å². The van der Waals surface area contributed by atoms with E-state index in [9.17, 15) is 0 Å². The van der Waals surface area contributed by atoms with Crippen molar-refractivity contribution in [2.24, 2.45) is 0 Å². The summed E-state index contributed by atoms with van der Waals surface area (Å²) in [5.41, 5.74) is 1.19. The Bertz CT molecular complexity index is 316. The molecule has 2 heterocycles. The quantitative estimate of drug-likeness (QED) is 0.771. The molecular weight excluding hydrogens is 272 g/mol. The number of aromatic nitrogens is 1. The summed E-state index contributed by atoms with van der Waals surface area (Å²) in [6.45, 7) is 4.48. The first-order chi connectivity index (χ1) is 7.31. The molecule has 2 rings (SSSR count). The largest absolute Gasteiger partial charge is 0.348 e. The highest BCUT2D eigenvalue weighted by Crippen LogP contribution is 2.29. The molecule has 2 nitrogen and oxygen atoms in total. The molecule has 15 heavy (non-hydrogen) atoms. The van der Waals surface area contributed by atoms with Crippen LogP contribution in [0.4, 0.5) is 5.13 Å². The second-order valence-corrected chi connectivity index (χ2v) is 5.66. The summed E-state index contributed by atoms with van der Waals surface area (Å²) in [6, 6.07) is 0. The minimum atomic E-state index is 0.935. The van der Waals surface area contributed by atoms with Gasteiger partial charge in [-0.05, 0) is 19.8 Å². The SMILES string of the molecule is Cc1nc(N2CCCCCC2)sc1CBr. The van der Waals surface area contributed by atoms with Crippen molar-refractivity contribution in [2.45, 2.75) is 37.9 Å². The van der Waals surface area contributed by atoms with Crippen LogP contribution in [0.1, 0.15) is 36.3 Å². The summed E-state index contributed by atoms with van der Waals surface area (Å²) < 4.78 is 0. The van der Waals surface area contributed by atoms with Crippen LogP contribution in [0.2, 0.25) is 0 Å². The molecule has 0 bridgehead atoms. The van der Waals surface area contributed by atoms with E-state index >= 15 is 0 Å². The molecule has 1 saturated heterocycles. The molecular formula is C11H17BrN2S. The Morgan fingerprint density at radius 2 is 1.93 bits per heavy atom. The Labute approximate surface area is 104 Å². The molecule has 0 saturated carbocycles. The Hall–Kier alpha value is -0.0900. The van der Waals surface area contributed by atoms with E-state index < -0.39 is 0 Å². The number of alkyl halides is 1. The molecule has 0 amide bonds. The van der Waals surface area contributed by atoms with Crippen LogP contribution in [0.5, 0.6) is 0 Å². The third-order valence-corrected chi connectivity index (χ3v) is 5.03. The molecule has 1 fully saturated rings. The summed E-state index contributed by atoms with van der Waals surface area (Å²) in [5.74, 6) is 0. The number of hydrogen-bond donors (Lipinski definition) is 0. The van der Waals surface area contributed by atoms with Gasteiger partial charge in [-0.1, -0.05) is 28.8 Å². The van der Waals surface area contributed by atoms with Gasteiger partial charge < -0.3 is 4.90 Å². The zero-order valence-electron chi connectivity index (χ0n) is 9.13. The van der Waals surface area contributed by atoms with Crippen LogP contribution in [0, 0.1) is 6.92 Å². The fourth-order valence-electron chi connectivity index (χ4n) is 1.93. The van der Waals surface area contributed by atoms with Gasteiger partial charge in [-0.3, -0.25) is 0 Å². The van der Waals surface area contributed by atoms with Crippen molar-refractivity contribution in [1.29, 1.82) is 0 Å². The van der Waals surface area contributed by atoms with Crippen molar-refractivity contribution in [2.75, 3.05) is 18.0 Å². The number of anilines is 1. The third-order valence-electron chi connectivity index (χ3n) is 2.88. The second-order valence-electron chi connectivity index (χ2n) is 4.04. The minimum absolute atomic E-state index is 0.935. The highest BCUT2D eigenvalue weighted by molar-refractivity contribution is 9.08. The average Bonchev–Trinajstić information content (AvgIpc) is 2.48. The lowest BCUT2D eigenvalue weighted by atomic mass is 10.2. The Morgan fingerprint density at radius 3 is 2.47 bits per heavy atom. The molecule has 0 atom stereocenters. The predicted octanol–water partition coefficient (Wildman–Crippen LogP) is 3.73. The molecule has 1 aliphatic rings. The van der Waals surface area contributed by atoms with E-state index in [1.165, 1.54) is 54.5 Å². The molecule has 0 aliphatic carbocycles. The zero-order valence-corrected chi connectivity index (χ0v) is 11.5. The van der Waals surface area contributed by atoms with Crippen LogP contribution >= 0.6 is 27.3 Å². The number of rotatable bonds is 2. The topological polar surface area (TPSA) is 16.1 Å². The first-order valence-corrected chi connectivity index (χ1v) is 7.52. The van der Waals surface area contributed by atoms with Gasteiger partial charge in [0.1, 0.15) is 0 Å². The van der Waals surface area contributed by atoms with E-state index in [2.05, 4.69) is 32.7 Å². The van der Waals surface area contributed by atoms with Gasteiger partial charge in [0.05, 0.1) is 5.69 Å². The highest BCUT2D eigenvalue weighted by Gasteiger charge is 2.14. The summed E-state index contributed by atoms with van der Waals surface area (Å²) >= 11 is 5.36. The first kappa shape index (κ1) is 11.4. The summed E-state index contributed by atoms with van der Waals surface area (Å²) in [5, 5.41) is 2.16. The van der Waals surface area contributed by atoms with Crippen LogP contribution in [0.3, 0.4) is 0 Å². The number of hydrogen-bond acceptors (Lipinski definition) is 3. The standard InChI is InChI=1S/C11H17BrN2S/c1-9-10(8-12)15-11(13-9)14-6-4-2-3-5-7-14/h2-8H2,1H3. The van der Waals surface area contributed by atoms with Gasteiger partial charge in [0.2, 0.25) is 0 Å². The van der Waals surface area contributed by atoms with Crippen LogP contribution in [-0.4, -0.2) is 18.1 Å². The fourth-order valence-corrected chi connectivity index (χ4v) is 3.65. The van der Waals surface area contributed by atoms with Gasteiger partial charge >= 0.3 is 0 Å². The first-order valence-electron chi connectivity index (χ1n) is 5.58. The summed E-state index contributed by atoms with van der Waals surface area (Å²) in [4.78, 5) is 8.49. The molecule has 0 radical (unpaired) electrons. The number of halogens is 1. The van der Waals surface area contributed by atoms with E-state index in [4.69, 9.17) is 0 Å². The van der Waals surface area contributed by atoms with Crippen molar-refractivity contribution in [3.63, 3.8) is 0 Å². The van der Waals surface area contributed by atoms with E-state index in [1.54, 1.807) is 0 Å². The van der Waals surface area contributed by atoms with Crippen LogP contribution in [-0.2, 0) is 5.33 Å². The number of thiazole rings is 1. The molecule has 84 valence electrons. The molecule has 0 N–H and O–H groups in total. The van der Waals surface area contributed by atoms with Crippen LogP contribution < -0.4 is 4.90 Å². The normalized spacial score (nSPS) is 17.9. The lowest BCUT2D eigenvalue weighted by Gasteiger charge is -2.18. The van der Waals surface area contributed by atoms with Gasteiger partial charge in [0.25, 0.3) is 0 Å². The van der Waals surface area contributed by atoms with Crippen molar-refractivity contribution in [3.05, 3.63) is 10.6 Å². The van der Waals surface area contributed by atoms with Crippen molar-refractivity contribution < 1.29 is 0 Å². The number of nitrogens with zero attached hydrogens (tertiary/aromatic N) is 2. The predicted molar refractivity (Wildman–Crippen MR) is 70.2 cm³/mol. The maximum absolute atomic E-state index is 4.66. The average molecular weight is 289 g/mol. The maximum Gasteiger partial charge on any atom is 0.185 e. The van der Waals surface area contributed by atoms with E-state index in [0.29, 0.717) is 0 Å². The second kappa shape index (κ2) is 5.30. The lowest BCUT2D eigenvalue weighted by molar-refractivity contribution is 0.726. The minimum Gasteiger partial charge on any atom is -0.348 e. The summed E-state index contributed by atoms with van der Waals surface area (Å²) in [7, 11) is 0. The molecule has 1 aliphatic heterocycles. The van der Waals surface area contributed by atoms with Crippen molar-refractivity contribution in [1.82, 2.24) is 4.98 Å². The Balaban J connectivity index is 2.12. The Morgan fingerprint density at radius 1 is 1.27 bits per heavy atom. The van der Waals surface area contributed by atoms with Crippen LogP contribution in [0.15, 0.2) is 0 Å². The van der Waals surface area contributed by atoms with Crippen LogP contribution in [0.25, 0.3) is 0 Å². The maximum atomic E-state index is 4.66. The van der Waals surface area contributed by atoms with E-state index in [1.807, 2.05) is 11.3 Å². The van der Waals surface area contributed by atoms with E-state index in [0.717, 1.165) is 5.33 Å².